The smallest absolute Gasteiger partial charge is 0.331 e. The van der Waals surface area contributed by atoms with Gasteiger partial charge in [-0.05, 0) is 38.0 Å². The Morgan fingerprint density at radius 2 is 1.93 bits per heavy atom. The van der Waals surface area contributed by atoms with Gasteiger partial charge in [-0.25, -0.2) is 9.59 Å². The Morgan fingerprint density at radius 1 is 1.27 bits per heavy atom. The van der Waals surface area contributed by atoms with Gasteiger partial charge in [-0.15, -0.1) is 0 Å². The molecule has 2 aliphatic carbocycles. The Morgan fingerprint density at radius 3 is 2.40 bits per heavy atom. The van der Waals surface area contributed by atoms with E-state index < -0.39 is 11.9 Å². The molecule has 2 aliphatic rings. The van der Waals surface area contributed by atoms with E-state index in [9.17, 15) is 9.59 Å². The van der Waals surface area contributed by atoms with E-state index in [-0.39, 0.29) is 5.60 Å². The largest absolute Gasteiger partial charge is 0.478 e. The van der Waals surface area contributed by atoms with Crippen molar-refractivity contribution in [2.75, 3.05) is 0 Å². The number of carbonyl (C=O) groups excluding carboxylic acids is 1. The first-order valence-corrected chi connectivity index (χ1v) is 5.24. The van der Waals surface area contributed by atoms with Crippen LogP contribution in [-0.4, -0.2) is 22.6 Å². The molecule has 1 N–H and O–H groups in total. The van der Waals surface area contributed by atoms with Crippen LogP contribution in [0.15, 0.2) is 12.2 Å². The molecule has 82 valence electrons. The third-order valence-corrected chi connectivity index (χ3v) is 3.36. The third-order valence-electron chi connectivity index (χ3n) is 3.36. The molecule has 0 unspecified atom stereocenters. The van der Waals surface area contributed by atoms with E-state index in [1.165, 1.54) is 0 Å². The van der Waals surface area contributed by atoms with Crippen molar-refractivity contribution in [1.29, 1.82) is 0 Å². The number of carboxylic acid groups (broad SMARTS) is 1. The Labute approximate surface area is 87.9 Å². The monoisotopic (exact) mass is 210 g/mol. The highest BCUT2D eigenvalue weighted by atomic mass is 16.6. The highest BCUT2D eigenvalue weighted by Gasteiger charge is 2.47. The van der Waals surface area contributed by atoms with Gasteiger partial charge in [0.2, 0.25) is 0 Å². The molecule has 2 saturated carbocycles. The highest BCUT2D eigenvalue weighted by molar-refractivity contribution is 5.90. The molecule has 4 nitrogen and oxygen atoms in total. The summed E-state index contributed by atoms with van der Waals surface area (Å²) in [6.07, 6.45) is 6.91. The second-order valence-corrected chi connectivity index (χ2v) is 4.42. The number of carbonyl (C=O) groups is 2. The maximum absolute atomic E-state index is 11.3. The van der Waals surface area contributed by atoms with Crippen LogP contribution >= 0.6 is 0 Å². The zero-order valence-corrected chi connectivity index (χ0v) is 8.44. The van der Waals surface area contributed by atoms with Gasteiger partial charge in [0.05, 0.1) is 0 Å². The van der Waals surface area contributed by atoms with E-state index in [1.807, 2.05) is 0 Å². The number of rotatable bonds is 3. The summed E-state index contributed by atoms with van der Waals surface area (Å²) < 4.78 is 5.35. The molecular formula is C11H14O4. The maximum atomic E-state index is 11.3. The number of carboxylic acids is 1. The van der Waals surface area contributed by atoms with E-state index in [4.69, 9.17) is 9.84 Å². The summed E-state index contributed by atoms with van der Waals surface area (Å²) in [6, 6.07) is 0. The van der Waals surface area contributed by atoms with Crippen molar-refractivity contribution in [2.24, 2.45) is 5.92 Å². The van der Waals surface area contributed by atoms with Crippen molar-refractivity contribution < 1.29 is 19.4 Å². The summed E-state index contributed by atoms with van der Waals surface area (Å²) in [5, 5.41) is 8.36. The second kappa shape index (κ2) is 3.68. The molecule has 2 fully saturated rings. The lowest BCUT2D eigenvalue weighted by molar-refractivity contribution is -0.152. The van der Waals surface area contributed by atoms with Crippen molar-refractivity contribution >= 4 is 11.9 Å². The van der Waals surface area contributed by atoms with Crippen LogP contribution in [0, 0.1) is 5.92 Å². The molecule has 0 aliphatic heterocycles. The van der Waals surface area contributed by atoms with E-state index in [2.05, 4.69) is 0 Å². The third kappa shape index (κ3) is 2.19. The minimum absolute atomic E-state index is 0.273. The fourth-order valence-electron chi connectivity index (χ4n) is 2.67. The lowest BCUT2D eigenvalue weighted by Gasteiger charge is -2.25. The minimum atomic E-state index is -1.12. The fourth-order valence-corrected chi connectivity index (χ4v) is 2.67. The number of aliphatic carboxylic acids is 1. The molecule has 0 atom stereocenters. The van der Waals surface area contributed by atoms with Gasteiger partial charge in [-0.2, -0.15) is 0 Å². The van der Waals surface area contributed by atoms with Gasteiger partial charge in [-0.3, -0.25) is 0 Å². The van der Waals surface area contributed by atoms with Crippen LogP contribution in [0.1, 0.15) is 32.1 Å². The summed E-state index contributed by atoms with van der Waals surface area (Å²) in [4.78, 5) is 21.5. The van der Waals surface area contributed by atoms with Crippen LogP contribution in [0.2, 0.25) is 0 Å². The van der Waals surface area contributed by atoms with Crippen molar-refractivity contribution in [1.82, 2.24) is 0 Å². The molecule has 0 heterocycles. The molecule has 0 radical (unpaired) electrons. The minimum Gasteiger partial charge on any atom is -0.478 e. The summed E-state index contributed by atoms with van der Waals surface area (Å²) in [5.41, 5.74) is -0.273. The first-order valence-electron chi connectivity index (χ1n) is 5.24. The Hall–Kier alpha value is -1.32. The normalized spacial score (nSPS) is 33.5. The van der Waals surface area contributed by atoms with Gasteiger partial charge in [0.15, 0.2) is 0 Å². The highest BCUT2D eigenvalue weighted by Crippen LogP contribution is 2.49. The maximum Gasteiger partial charge on any atom is 0.331 e. The molecule has 0 aromatic carbocycles. The van der Waals surface area contributed by atoms with Crippen LogP contribution in [0.3, 0.4) is 0 Å². The van der Waals surface area contributed by atoms with Crippen molar-refractivity contribution in [3.8, 4) is 0 Å². The Balaban J connectivity index is 1.91. The summed E-state index contributed by atoms with van der Waals surface area (Å²) in [6.45, 7) is 0. The number of fused-ring (bicyclic) bond motifs is 2. The van der Waals surface area contributed by atoms with Crippen LogP contribution in [0.25, 0.3) is 0 Å². The molecule has 15 heavy (non-hydrogen) atoms. The molecule has 4 heteroatoms. The average Bonchev–Trinajstić information content (AvgIpc) is 2.74. The average molecular weight is 210 g/mol. The summed E-state index contributed by atoms with van der Waals surface area (Å²) in [7, 11) is 0. The van der Waals surface area contributed by atoms with Crippen LogP contribution in [0.4, 0.5) is 0 Å². The fraction of sp³-hybridized carbons (Fsp3) is 0.636. The molecule has 0 spiro atoms. The number of ether oxygens (including phenoxy) is 1. The number of esters is 1. The second-order valence-electron chi connectivity index (χ2n) is 4.42. The van der Waals surface area contributed by atoms with Gasteiger partial charge in [0.1, 0.15) is 5.60 Å². The first kappa shape index (κ1) is 10.2. The molecular weight excluding hydrogens is 196 g/mol. The Bertz CT molecular complexity index is 311. The van der Waals surface area contributed by atoms with Crippen molar-refractivity contribution in [3.05, 3.63) is 12.2 Å². The lowest BCUT2D eigenvalue weighted by Crippen LogP contribution is -2.29. The first-order chi connectivity index (χ1) is 7.10. The van der Waals surface area contributed by atoms with Gasteiger partial charge < -0.3 is 9.84 Å². The van der Waals surface area contributed by atoms with Gasteiger partial charge in [0, 0.05) is 12.2 Å². The summed E-state index contributed by atoms with van der Waals surface area (Å²) >= 11 is 0. The molecule has 0 aromatic rings. The van der Waals surface area contributed by atoms with Crippen LogP contribution in [-0.2, 0) is 14.3 Å². The zero-order valence-electron chi connectivity index (χ0n) is 8.44. The lowest BCUT2D eigenvalue weighted by atomic mass is 9.97. The molecule has 0 amide bonds. The summed E-state index contributed by atoms with van der Waals surface area (Å²) in [5.74, 6) is -0.943. The van der Waals surface area contributed by atoms with E-state index in [0.29, 0.717) is 5.92 Å². The number of hydrogen-bond acceptors (Lipinski definition) is 3. The molecule has 2 bridgehead atoms. The zero-order chi connectivity index (χ0) is 10.9. The predicted molar refractivity (Wildman–Crippen MR) is 52.2 cm³/mol. The molecule has 2 rings (SSSR count). The van der Waals surface area contributed by atoms with E-state index >= 15 is 0 Å². The Kier molecular flexibility index (Phi) is 2.50. The molecule has 0 aromatic heterocycles. The van der Waals surface area contributed by atoms with Gasteiger partial charge >= 0.3 is 11.9 Å². The van der Waals surface area contributed by atoms with Crippen molar-refractivity contribution in [2.45, 2.75) is 37.7 Å². The SMILES string of the molecule is O=C(O)/C=C/C(=O)OC12CCC(CC1)C2. The van der Waals surface area contributed by atoms with Crippen molar-refractivity contribution in [3.63, 3.8) is 0 Å². The van der Waals surface area contributed by atoms with Gasteiger partial charge in [-0.1, -0.05) is 0 Å². The van der Waals surface area contributed by atoms with E-state index in [1.54, 1.807) is 0 Å². The predicted octanol–water partition coefficient (Wildman–Crippen LogP) is 1.50. The molecule has 0 saturated heterocycles. The standard InChI is InChI=1S/C11H14O4/c12-9(13)1-2-10(14)15-11-5-3-8(7-11)4-6-11/h1-2,8H,3-7H2,(H,12,13)/b2-1+. The quantitative estimate of drug-likeness (QED) is 0.566. The number of hydrogen-bond donors (Lipinski definition) is 1. The van der Waals surface area contributed by atoms with Gasteiger partial charge in [0.25, 0.3) is 0 Å². The topological polar surface area (TPSA) is 63.6 Å². The van der Waals surface area contributed by atoms with Crippen LogP contribution in [0.5, 0.6) is 0 Å². The van der Waals surface area contributed by atoms with Crippen LogP contribution < -0.4 is 0 Å². The van der Waals surface area contributed by atoms with E-state index in [0.717, 1.165) is 44.3 Å².